The number of benzene rings is 2. The Bertz CT molecular complexity index is 823. The highest BCUT2D eigenvalue weighted by Crippen LogP contribution is 2.33. The minimum absolute atomic E-state index is 0.0849. The first-order valence-corrected chi connectivity index (χ1v) is 8.86. The minimum Gasteiger partial charge on any atom is -0.479 e. The topological polar surface area (TPSA) is 55.8 Å². The molecule has 0 fully saturated rings. The summed E-state index contributed by atoms with van der Waals surface area (Å²) in [5, 5.41) is 0.555. The van der Waals surface area contributed by atoms with E-state index in [0.29, 0.717) is 16.5 Å². The van der Waals surface area contributed by atoms with Gasteiger partial charge in [0.1, 0.15) is 11.9 Å². The number of ether oxygens (including phenoxy) is 2. The Labute approximate surface area is 157 Å². The van der Waals surface area contributed by atoms with Crippen molar-refractivity contribution in [3.8, 4) is 5.75 Å². The lowest BCUT2D eigenvalue weighted by molar-refractivity contribution is -0.148. The van der Waals surface area contributed by atoms with Crippen molar-refractivity contribution in [1.29, 1.82) is 0 Å². The number of rotatable bonds is 5. The number of anilines is 1. The van der Waals surface area contributed by atoms with Crippen molar-refractivity contribution >= 4 is 29.2 Å². The summed E-state index contributed by atoms with van der Waals surface area (Å²) in [7, 11) is 0. The zero-order chi connectivity index (χ0) is 18.7. The van der Waals surface area contributed by atoms with Crippen LogP contribution < -0.4 is 9.64 Å². The second-order valence-corrected chi connectivity index (χ2v) is 6.53. The summed E-state index contributed by atoms with van der Waals surface area (Å²) < 4.78 is 11.1. The summed E-state index contributed by atoms with van der Waals surface area (Å²) >= 11 is 6.13. The predicted molar refractivity (Wildman–Crippen MR) is 99.5 cm³/mol. The standard InChI is InChI=1S/C20H20ClNO4/c1-13(15-7-3-4-8-16(15)21)26-19(23)11-12-22-17-9-5-6-10-18(17)25-14(2)20(22)24/h3-10,13-14H,11-12H2,1-2H3/t13-,14-/m0/s1. The number of fused-ring (bicyclic) bond motifs is 1. The van der Waals surface area contributed by atoms with Gasteiger partial charge in [0.05, 0.1) is 12.1 Å². The fourth-order valence-corrected chi connectivity index (χ4v) is 3.21. The van der Waals surface area contributed by atoms with Gasteiger partial charge in [0, 0.05) is 17.1 Å². The van der Waals surface area contributed by atoms with Crippen molar-refractivity contribution in [2.75, 3.05) is 11.4 Å². The van der Waals surface area contributed by atoms with Crippen LogP contribution in [0, 0.1) is 0 Å². The maximum absolute atomic E-state index is 12.4. The number of nitrogens with zero attached hydrogens (tertiary/aromatic N) is 1. The molecule has 2 aromatic carbocycles. The fraction of sp³-hybridized carbons (Fsp3) is 0.300. The molecule has 1 heterocycles. The molecule has 0 N–H and O–H groups in total. The van der Waals surface area contributed by atoms with Crippen molar-refractivity contribution in [2.45, 2.75) is 32.5 Å². The zero-order valence-corrected chi connectivity index (χ0v) is 15.4. The molecule has 1 amide bonds. The normalized spacial score (nSPS) is 17.3. The van der Waals surface area contributed by atoms with Gasteiger partial charge in [-0.3, -0.25) is 9.59 Å². The fourth-order valence-electron chi connectivity index (χ4n) is 2.92. The lowest BCUT2D eigenvalue weighted by Crippen LogP contribution is -2.45. The van der Waals surface area contributed by atoms with Gasteiger partial charge in [0.25, 0.3) is 5.91 Å². The van der Waals surface area contributed by atoms with Gasteiger partial charge in [0.15, 0.2) is 6.10 Å². The molecule has 0 radical (unpaired) electrons. The number of amides is 1. The van der Waals surface area contributed by atoms with E-state index in [1.165, 1.54) is 0 Å². The monoisotopic (exact) mass is 373 g/mol. The van der Waals surface area contributed by atoms with E-state index in [2.05, 4.69) is 0 Å². The summed E-state index contributed by atoms with van der Waals surface area (Å²) in [4.78, 5) is 26.2. The molecule has 0 bridgehead atoms. The number of para-hydroxylation sites is 2. The van der Waals surface area contributed by atoms with Gasteiger partial charge in [0.2, 0.25) is 0 Å². The third-order valence-electron chi connectivity index (χ3n) is 4.26. The second-order valence-electron chi connectivity index (χ2n) is 6.12. The van der Waals surface area contributed by atoms with Crippen LogP contribution in [0.4, 0.5) is 5.69 Å². The maximum Gasteiger partial charge on any atom is 0.308 e. The zero-order valence-electron chi connectivity index (χ0n) is 14.6. The summed E-state index contributed by atoms with van der Waals surface area (Å²) in [6.07, 6.45) is -0.951. The Kier molecular flexibility index (Phi) is 5.47. The molecule has 2 aromatic rings. The van der Waals surface area contributed by atoms with Crippen LogP contribution in [0.15, 0.2) is 48.5 Å². The maximum atomic E-state index is 12.4. The Hall–Kier alpha value is -2.53. The van der Waals surface area contributed by atoms with E-state index >= 15 is 0 Å². The molecular formula is C20H20ClNO4. The van der Waals surface area contributed by atoms with E-state index in [0.717, 1.165) is 5.56 Å². The second kappa shape index (κ2) is 7.79. The number of esters is 1. The van der Waals surface area contributed by atoms with Crippen LogP contribution >= 0.6 is 11.6 Å². The van der Waals surface area contributed by atoms with E-state index in [9.17, 15) is 9.59 Å². The van der Waals surface area contributed by atoms with E-state index < -0.39 is 12.2 Å². The van der Waals surface area contributed by atoms with Crippen molar-refractivity contribution in [3.63, 3.8) is 0 Å². The predicted octanol–water partition coefficient (Wildman–Crippen LogP) is 4.15. The van der Waals surface area contributed by atoms with Crippen LogP contribution in [-0.4, -0.2) is 24.5 Å². The molecule has 6 heteroatoms. The highest BCUT2D eigenvalue weighted by molar-refractivity contribution is 6.31. The lowest BCUT2D eigenvalue weighted by Gasteiger charge is -2.32. The molecule has 0 saturated carbocycles. The van der Waals surface area contributed by atoms with Crippen LogP contribution in [0.5, 0.6) is 5.75 Å². The van der Waals surface area contributed by atoms with Crippen molar-refractivity contribution in [2.24, 2.45) is 0 Å². The Balaban J connectivity index is 1.64. The van der Waals surface area contributed by atoms with Gasteiger partial charge in [-0.15, -0.1) is 0 Å². The van der Waals surface area contributed by atoms with Crippen LogP contribution in [0.25, 0.3) is 0 Å². The number of halogens is 1. The van der Waals surface area contributed by atoms with Gasteiger partial charge < -0.3 is 14.4 Å². The first-order valence-electron chi connectivity index (χ1n) is 8.48. The van der Waals surface area contributed by atoms with Gasteiger partial charge in [-0.25, -0.2) is 0 Å². The average molecular weight is 374 g/mol. The molecule has 2 atom stereocenters. The Morgan fingerprint density at radius 2 is 1.92 bits per heavy atom. The van der Waals surface area contributed by atoms with Crippen LogP contribution in [0.3, 0.4) is 0 Å². The molecule has 1 aliphatic rings. The minimum atomic E-state index is -0.581. The molecule has 0 spiro atoms. The van der Waals surface area contributed by atoms with E-state index in [1.54, 1.807) is 30.9 Å². The van der Waals surface area contributed by atoms with Crippen molar-refractivity contribution < 1.29 is 19.1 Å². The van der Waals surface area contributed by atoms with Crippen molar-refractivity contribution in [1.82, 2.24) is 0 Å². The van der Waals surface area contributed by atoms with Gasteiger partial charge in [-0.2, -0.15) is 0 Å². The molecule has 0 aliphatic carbocycles. The van der Waals surface area contributed by atoms with Crippen LogP contribution in [0.1, 0.15) is 31.9 Å². The summed E-state index contributed by atoms with van der Waals surface area (Å²) in [6, 6.07) is 14.5. The quantitative estimate of drug-likeness (QED) is 0.739. The van der Waals surface area contributed by atoms with E-state index in [-0.39, 0.29) is 24.8 Å². The number of hydrogen-bond donors (Lipinski definition) is 0. The van der Waals surface area contributed by atoms with Crippen molar-refractivity contribution in [3.05, 3.63) is 59.1 Å². The molecule has 5 nitrogen and oxygen atoms in total. The molecule has 1 aliphatic heterocycles. The number of carbonyl (C=O) groups is 2. The molecule has 26 heavy (non-hydrogen) atoms. The largest absolute Gasteiger partial charge is 0.479 e. The highest BCUT2D eigenvalue weighted by atomic mass is 35.5. The molecule has 136 valence electrons. The summed E-state index contributed by atoms with van der Waals surface area (Å²) in [5.74, 6) is 0.0786. The first kappa shape index (κ1) is 18.3. The molecule has 0 unspecified atom stereocenters. The Morgan fingerprint density at radius 3 is 2.69 bits per heavy atom. The highest BCUT2D eigenvalue weighted by Gasteiger charge is 2.31. The van der Waals surface area contributed by atoms with Gasteiger partial charge >= 0.3 is 5.97 Å². The number of hydrogen-bond acceptors (Lipinski definition) is 4. The van der Waals surface area contributed by atoms with Crippen LogP contribution in [0.2, 0.25) is 5.02 Å². The van der Waals surface area contributed by atoms with Crippen LogP contribution in [-0.2, 0) is 14.3 Å². The lowest BCUT2D eigenvalue weighted by atomic mass is 10.1. The average Bonchev–Trinajstić information content (AvgIpc) is 2.62. The first-order chi connectivity index (χ1) is 12.5. The van der Waals surface area contributed by atoms with E-state index in [4.69, 9.17) is 21.1 Å². The Morgan fingerprint density at radius 1 is 1.23 bits per heavy atom. The number of carbonyl (C=O) groups excluding carboxylic acids is 2. The summed E-state index contributed by atoms with van der Waals surface area (Å²) in [6.45, 7) is 3.71. The third kappa shape index (κ3) is 3.83. The summed E-state index contributed by atoms with van der Waals surface area (Å²) in [5.41, 5.74) is 1.42. The SMILES string of the molecule is C[C@@H]1Oc2ccccc2N(CCC(=O)O[C@@H](C)c2ccccc2Cl)C1=O. The van der Waals surface area contributed by atoms with Gasteiger partial charge in [-0.05, 0) is 32.0 Å². The molecule has 0 aromatic heterocycles. The smallest absolute Gasteiger partial charge is 0.308 e. The van der Waals surface area contributed by atoms with Gasteiger partial charge in [-0.1, -0.05) is 41.9 Å². The molecular weight excluding hydrogens is 354 g/mol. The van der Waals surface area contributed by atoms with E-state index in [1.807, 2.05) is 36.4 Å². The molecule has 3 rings (SSSR count). The molecule has 0 saturated heterocycles. The third-order valence-corrected chi connectivity index (χ3v) is 4.61.